The van der Waals surface area contributed by atoms with E-state index in [9.17, 15) is 9.59 Å². The quantitative estimate of drug-likeness (QED) is 0.780. The van der Waals surface area contributed by atoms with Crippen molar-refractivity contribution in [1.29, 1.82) is 0 Å². The number of amides is 1. The molecule has 104 valence electrons. The molecule has 1 rings (SSSR count). The average Bonchev–Trinajstić information content (AvgIpc) is 2.71. The van der Waals surface area contributed by atoms with Gasteiger partial charge in [-0.1, -0.05) is 13.8 Å². The van der Waals surface area contributed by atoms with Crippen LogP contribution in [0.15, 0.2) is 0 Å². The molecule has 1 amide bonds. The van der Waals surface area contributed by atoms with Crippen LogP contribution in [0.2, 0.25) is 0 Å². The minimum Gasteiger partial charge on any atom is -0.356 e. The zero-order chi connectivity index (χ0) is 13.8. The minimum absolute atomic E-state index is 0.00961. The summed E-state index contributed by atoms with van der Waals surface area (Å²) < 4.78 is 0. The Bertz CT molecular complexity index is 313. The highest BCUT2D eigenvalue weighted by Crippen LogP contribution is 2.33. The van der Waals surface area contributed by atoms with Crippen LogP contribution in [0.25, 0.3) is 0 Å². The molecule has 1 unspecified atom stereocenters. The molecule has 18 heavy (non-hydrogen) atoms. The molecule has 1 fully saturated rings. The van der Waals surface area contributed by atoms with Crippen LogP contribution in [0, 0.1) is 11.3 Å². The number of nitrogens with one attached hydrogen (secondary N) is 1. The van der Waals surface area contributed by atoms with Gasteiger partial charge in [-0.05, 0) is 38.3 Å². The van der Waals surface area contributed by atoms with Gasteiger partial charge in [-0.15, -0.1) is 0 Å². The van der Waals surface area contributed by atoms with Gasteiger partial charge in [-0.25, -0.2) is 0 Å². The van der Waals surface area contributed by atoms with Crippen molar-refractivity contribution in [2.24, 2.45) is 11.3 Å². The molecule has 0 aromatic rings. The largest absolute Gasteiger partial charge is 0.356 e. The Hall–Kier alpha value is -0.900. The molecular formula is C14H26N2O2. The molecule has 0 spiro atoms. The first-order valence-corrected chi connectivity index (χ1v) is 6.76. The maximum Gasteiger partial charge on any atom is 0.220 e. The number of Topliss-reactive ketones (excluding diaryl/α,β-unsaturated/α-hetero) is 1. The highest BCUT2D eigenvalue weighted by atomic mass is 16.2. The summed E-state index contributed by atoms with van der Waals surface area (Å²) >= 11 is 0. The first-order chi connectivity index (χ1) is 8.31. The van der Waals surface area contributed by atoms with Gasteiger partial charge >= 0.3 is 0 Å². The second-order valence-electron chi connectivity index (χ2n) is 6.22. The van der Waals surface area contributed by atoms with Crippen molar-refractivity contribution in [3.63, 3.8) is 0 Å². The fraction of sp³-hybridized carbons (Fsp3) is 0.857. The highest BCUT2D eigenvalue weighted by Gasteiger charge is 2.33. The lowest BCUT2D eigenvalue weighted by Gasteiger charge is -2.31. The average molecular weight is 254 g/mol. The van der Waals surface area contributed by atoms with Gasteiger partial charge in [0.15, 0.2) is 0 Å². The molecule has 0 saturated carbocycles. The third-order valence-corrected chi connectivity index (χ3v) is 3.94. The summed E-state index contributed by atoms with van der Waals surface area (Å²) in [5.74, 6) is 0.696. The van der Waals surface area contributed by atoms with Crippen molar-refractivity contribution in [2.45, 2.75) is 40.0 Å². The van der Waals surface area contributed by atoms with E-state index in [4.69, 9.17) is 0 Å². The first-order valence-electron chi connectivity index (χ1n) is 6.76. The van der Waals surface area contributed by atoms with E-state index in [1.807, 2.05) is 0 Å². The van der Waals surface area contributed by atoms with E-state index in [-0.39, 0.29) is 17.1 Å². The molecule has 0 aliphatic carbocycles. The van der Waals surface area contributed by atoms with Crippen LogP contribution in [0.3, 0.4) is 0 Å². The lowest BCUT2D eigenvalue weighted by atomic mass is 9.78. The third-order valence-electron chi connectivity index (χ3n) is 3.94. The standard InChI is InChI=1S/C14H26N2O2/c1-11(17)5-6-13(18)15-10-14(2,3)12-7-8-16(4)9-12/h12H,5-10H2,1-4H3,(H,15,18). The molecule has 1 N–H and O–H groups in total. The summed E-state index contributed by atoms with van der Waals surface area (Å²) in [6.45, 7) is 8.89. The van der Waals surface area contributed by atoms with E-state index in [2.05, 4.69) is 31.1 Å². The molecule has 0 radical (unpaired) electrons. The Kier molecular flexibility index (Phi) is 5.32. The van der Waals surface area contributed by atoms with Crippen molar-refractivity contribution in [1.82, 2.24) is 10.2 Å². The van der Waals surface area contributed by atoms with Gasteiger partial charge in [0.1, 0.15) is 5.78 Å². The fourth-order valence-electron chi connectivity index (χ4n) is 2.42. The Morgan fingerprint density at radius 1 is 1.33 bits per heavy atom. The summed E-state index contributed by atoms with van der Waals surface area (Å²) in [6.07, 6.45) is 1.86. The van der Waals surface area contributed by atoms with E-state index < -0.39 is 0 Å². The van der Waals surface area contributed by atoms with Crippen LogP contribution in [0.5, 0.6) is 0 Å². The smallest absolute Gasteiger partial charge is 0.220 e. The van der Waals surface area contributed by atoms with E-state index >= 15 is 0 Å². The Morgan fingerprint density at radius 2 is 2.00 bits per heavy atom. The van der Waals surface area contributed by atoms with Crippen LogP contribution in [0.4, 0.5) is 0 Å². The number of rotatable bonds is 6. The SMILES string of the molecule is CC(=O)CCC(=O)NCC(C)(C)C1CCN(C)C1. The van der Waals surface area contributed by atoms with Crippen LogP contribution in [-0.4, -0.2) is 43.3 Å². The van der Waals surface area contributed by atoms with Crippen LogP contribution < -0.4 is 5.32 Å². The molecule has 0 aromatic heterocycles. The molecule has 1 heterocycles. The first kappa shape index (κ1) is 15.2. The second kappa shape index (κ2) is 6.32. The molecule has 4 heteroatoms. The molecule has 1 aliphatic heterocycles. The van der Waals surface area contributed by atoms with Crippen molar-refractivity contribution in [3.05, 3.63) is 0 Å². The van der Waals surface area contributed by atoms with Crippen LogP contribution in [0.1, 0.15) is 40.0 Å². The van der Waals surface area contributed by atoms with Crippen molar-refractivity contribution >= 4 is 11.7 Å². The van der Waals surface area contributed by atoms with Gasteiger partial charge in [0.2, 0.25) is 5.91 Å². The predicted molar refractivity (Wildman–Crippen MR) is 72.3 cm³/mol. The lowest BCUT2D eigenvalue weighted by molar-refractivity contribution is -0.125. The zero-order valence-electron chi connectivity index (χ0n) is 12.1. The number of hydrogen-bond acceptors (Lipinski definition) is 3. The number of carbonyl (C=O) groups excluding carboxylic acids is 2. The van der Waals surface area contributed by atoms with Gasteiger partial charge in [-0.2, -0.15) is 0 Å². The van der Waals surface area contributed by atoms with Crippen LogP contribution >= 0.6 is 0 Å². The number of ketones is 1. The topological polar surface area (TPSA) is 49.4 Å². The summed E-state index contributed by atoms with van der Waals surface area (Å²) in [5, 5.41) is 2.96. The number of likely N-dealkylation sites (tertiary alicyclic amines) is 1. The maximum atomic E-state index is 11.6. The zero-order valence-corrected chi connectivity index (χ0v) is 12.1. The van der Waals surface area contributed by atoms with Crippen LogP contribution in [-0.2, 0) is 9.59 Å². The summed E-state index contributed by atoms with van der Waals surface area (Å²) in [7, 11) is 2.14. The number of nitrogens with zero attached hydrogens (tertiary/aromatic N) is 1. The molecule has 0 aromatic carbocycles. The van der Waals surface area contributed by atoms with Crippen molar-refractivity contribution < 1.29 is 9.59 Å². The molecule has 1 aliphatic rings. The molecule has 1 saturated heterocycles. The van der Waals surface area contributed by atoms with Gasteiger partial charge in [0.25, 0.3) is 0 Å². The van der Waals surface area contributed by atoms with Gasteiger partial charge in [0, 0.05) is 25.9 Å². The van der Waals surface area contributed by atoms with E-state index in [0.717, 1.165) is 13.1 Å². The molecular weight excluding hydrogens is 228 g/mol. The van der Waals surface area contributed by atoms with Crippen molar-refractivity contribution in [3.8, 4) is 0 Å². The molecule has 1 atom stereocenters. The Morgan fingerprint density at radius 3 is 2.50 bits per heavy atom. The second-order valence-corrected chi connectivity index (χ2v) is 6.22. The van der Waals surface area contributed by atoms with E-state index in [1.165, 1.54) is 13.3 Å². The van der Waals surface area contributed by atoms with Gasteiger partial charge < -0.3 is 15.0 Å². The number of hydrogen-bond donors (Lipinski definition) is 1. The Labute approximate surface area is 110 Å². The summed E-state index contributed by atoms with van der Waals surface area (Å²) in [6, 6.07) is 0. The normalized spacial score (nSPS) is 21.0. The molecule has 4 nitrogen and oxygen atoms in total. The summed E-state index contributed by atoms with van der Waals surface area (Å²) in [4.78, 5) is 24.7. The fourth-order valence-corrected chi connectivity index (χ4v) is 2.42. The Balaban J connectivity index is 2.32. The minimum atomic E-state index is -0.00961. The van der Waals surface area contributed by atoms with Crippen molar-refractivity contribution in [2.75, 3.05) is 26.7 Å². The van der Waals surface area contributed by atoms with E-state index in [1.54, 1.807) is 0 Å². The predicted octanol–water partition coefficient (Wildman–Crippen LogP) is 1.45. The monoisotopic (exact) mass is 254 g/mol. The molecule has 0 bridgehead atoms. The van der Waals surface area contributed by atoms with E-state index in [0.29, 0.717) is 25.3 Å². The van der Waals surface area contributed by atoms with Gasteiger partial charge in [-0.3, -0.25) is 4.79 Å². The maximum absolute atomic E-state index is 11.6. The third kappa shape index (κ3) is 4.77. The lowest BCUT2D eigenvalue weighted by Crippen LogP contribution is -2.39. The van der Waals surface area contributed by atoms with Gasteiger partial charge in [0.05, 0.1) is 0 Å². The summed E-state index contributed by atoms with van der Waals surface area (Å²) in [5.41, 5.74) is 0.122. The highest BCUT2D eigenvalue weighted by molar-refractivity contribution is 5.83. The number of carbonyl (C=O) groups is 2.